The molecule has 0 aromatic carbocycles. The van der Waals surface area contributed by atoms with Gasteiger partial charge in [0.25, 0.3) is 0 Å². The molecule has 2 bridgehead atoms. The van der Waals surface area contributed by atoms with Gasteiger partial charge in [0.05, 0.1) is 6.04 Å². The molecule has 1 heterocycles. The summed E-state index contributed by atoms with van der Waals surface area (Å²) in [5, 5.41) is 13.0. The van der Waals surface area contributed by atoms with Crippen LogP contribution in [0.15, 0.2) is 0 Å². The molecule has 7 heteroatoms. The summed E-state index contributed by atoms with van der Waals surface area (Å²) in [5.41, 5.74) is 0. The maximum Gasteiger partial charge on any atom is 1.00 e. The standard InChI is InChI=1S/C8H13NO4S.Na/c10-8(14(11,12)13)5-1-4-3-9-7(8)6(4)2-5;/h4-7,9-10H,1-3H2,(H,11,12,13);/q;+1/p-1. The molecular formula is C8H12NNaO4S. The third kappa shape index (κ3) is 1.33. The maximum absolute atomic E-state index is 11.1. The molecule has 0 spiro atoms. The van der Waals surface area contributed by atoms with E-state index in [0.717, 1.165) is 6.54 Å². The second kappa shape index (κ2) is 3.41. The molecule has 1 aliphatic heterocycles. The molecule has 3 rings (SSSR count). The van der Waals surface area contributed by atoms with Crippen LogP contribution >= 0.6 is 0 Å². The first-order valence-corrected chi connectivity index (χ1v) is 6.26. The third-order valence-electron chi connectivity index (χ3n) is 4.21. The molecule has 80 valence electrons. The average molecular weight is 241 g/mol. The van der Waals surface area contributed by atoms with Crippen LogP contribution in [-0.2, 0) is 10.1 Å². The quantitative estimate of drug-likeness (QED) is 0.359. The number of nitrogens with one attached hydrogen (secondary N) is 1. The zero-order valence-corrected chi connectivity index (χ0v) is 11.3. The number of hydrogen-bond acceptors (Lipinski definition) is 5. The van der Waals surface area contributed by atoms with E-state index < -0.39 is 21.1 Å². The van der Waals surface area contributed by atoms with Gasteiger partial charge in [0.2, 0.25) is 0 Å². The van der Waals surface area contributed by atoms with Gasteiger partial charge in [-0.05, 0) is 31.2 Å². The molecule has 0 aromatic heterocycles. The van der Waals surface area contributed by atoms with E-state index in [1.54, 1.807) is 0 Å². The Morgan fingerprint density at radius 1 is 1.40 bits per heavy atom. The van der Waals surface area contributed by atoms with E-state index in [1.165, 1.54) is 0 Å². The molecule has 5 atom stereocenters. The van der Waals surface area contributed by atoms with Gasteiger partial charge in [0.15, 0.2) is 4.93 Å². The van der Waals surface area contributed by atoms with Crippen molar-refractivity contribution in [2.45, 2.75) is 23.8 Å². The first-order valence-electron chi connectivity index (χ1n) is 4.86. The minimum Gasteiger partial charge on any atom is -0.746 e. The van der Waals surface area contributed by atoms with Crippen LogP contribution in [0.1, 0.15) is 12.8 Å². The first kappa shape index (κ1) is 12.3. The maximum atomic E-state index is 11.1. The molecule has 2 aliphatic carbocycles. The third-order valence-corrected chi connectivity index (χ3v) is 5.60. The van der Waals surface area contributed by atoms with Gasteiger partial charge in [-0.1, -0.05) is 0 Å². The van der Waals surface area contributed by atoms with Crippen molar-refractivity contribution in [2.24, 2.45) is 17.8 Å². The molecule has 3 fully saturated rings. The Hall–Kier alpha value is 0.830. The minimum absolute atomic E-state index is 0. The van der Waals surface area contributed by atoms with Crippen LogP contribution in [0, 0.1) is 17.8 Å². The van der Waals surface area contributed by atoms with Crippen molar-refractivity contribution < 1.29 is 47.6 Å². The van der Waals surface area contributed by atoms with Crippen LogP contribution in [-0.4, -0.2) is 35.6 Å². The van der Waals surface area contributed by atoms with Gasteiger partial charge in [-0.25, -0.2) is 8.42 Å². The monoisotopic (exact) mass is 241 g/mol. The molecule has 0 aromatic rings. The molecule has 1 saturated heterocycles. The second-order valence-corrected chi connectivity index (χ2v) is 6.25. The largest absolute Gasteiger partial charge is 1.00 e. The Balaban J connectivity index is 0.000000853. The second-order valence-electron chi connectivity index (χ2n) is 4.68. The van der Waals surface area contributed by atoms with E-state index in [1.807, 2.05) is 0 Å². The average Bonchev–Trinajstić information content (AvgIpc) is 2.59. The molecule has 5 unspecified atom stereocenters. The molecule has 15 heavy (non-hydrogen) atoms. The van der Waals surface area contributed by atoms with Crippen LogP contribution in [0.5, 0.6) is 0 Å². The predicted octanol–water partition coefficient (Wildman–Crippen LogP) is -4.15. The van der Waals surface area contributed by atoms with E-state index in [4.69, 9.17) is 0 Å². The number of rotatable bonds is 1. The van der Waals surface area contributed by atoms with Crippen molar-refractivity contribution in [3.05, 3.63) is 0 Å². The summed E-state index contributed by atoms with van der Waals surface area (Å²) in [6, 6.07) is -0.520. The molecule has 3 aliphatic rings. The fourth-order valence-electron chi connectivity index (χ4n) is 3.63. The van der Waals surface area contributed by atoms with Gasteiger partial charge in [-0.15, -0.1) is 0 Å². The summed E-state index contributed by atoms with van der Waals surface area (Å²) in [6.45, 7) is 0.740. The van der Waals surface area contributed by atoms with Gasteiger partial charge < -0.3 is 15.0 Å². The van der Waals surface area contributed by atoms with E-state index >= 15 is 0 Å². The van der Waals surface area contributed by atoms with Crippen molar-refractivity contribution in [1.29, 1.82) is 0 Å². The van der Waals surface area contributed by atoms with Crippen LogP contribution < -0.4 is 34.9 Å². The van der Waals surface area contributed by atoms with Gasteiger partial charge in [0, 0.05) is 5.92 Å². The van der Waals surface area contributed by atoms with E-state index in [-0.39, 0.29) is 41.4 Å². The van der Waals surface area contributed by atoms with E-state index in [0.29, 0.717) is 18.8 Å². The Bertz CT molecular complexity index is 384. The summed E-state index contributed by atoms with van der Waals surface area (Å²) < 4.78 is 33.3. The molecule has 0 radical (unpaired) electrons. The fourth-order valence-corrected chi connectivity index (χ4v) is 4.80. The zero-order valence-electron chi connectivity index (χ0n) is 8.51. The Morgan fingerprint density at radius 2 is 2.07 bits per heavy atom. The van der Waals surface area contributed by atoms with Gasteiger partial charge in [-0.2, -0.15) is 0 Å². The van der Waals surface area contributed by atoms with E-state index in [2.05, 4.69) is 5.32 Å². The van der Waals surface area contributed by atoms with Crippen LogP contribution in [0.4, 0.5) is 0 Å². The topological polar surface area (TPSA) is 89.5 Å². The molecule has 2 N–H and O–H groups in total. The smallest absolute Gasteiger partial charge is 0.746 e. The number of fused-ring (bicyclic) bond motifs is 1. The molecule has 5 nitrogen and oxygen atoms in total. The summed E-state index contributed by atoms with van der Waals surface area (Å²) in [4.78, 5) is -2.04. The molecular weight excluding hydrogens is 229 g/mol. The van der Waals surface area contributed by atoms with Crippen LogP contribution in [0.3, 0.4) is 0 Å². The SMILES string of the molecule is O=S(=O)([O-])C1(O)C2CC3CNC1C3C2.[Na+]. The Labute approximate surface area is 111 Å². The van der Waals surface area contributed by atoms with Gasteiger partial charge in [-0.3, -0.25) is 0 Å². The van der Waals surface area contributed by atoms with E-state index in [9.17, 15) is 18.1 Å². The minimum atomic E-state index is -4.62. The first-order chi connectivity index (χ1) is 6.44. The van der Waals surface area contributed by atoms with Crippen molar-refractivity contribution in [1.82, 2.24) is 5.32 Å². The molecule has 2 saturated carbocycles. The summed E-state index contributed by atoms with van der Waals surface area (Å²) in [7, 11) is -4.62. The summed E-state index contributed by atoms with van der Waals surface area (Å²) in [5.74, 6) is 0.306. The van der Waals surface area contributed by atoms with Crippen LogP contribution in [0.2, 0.25) is 0 Å². The number of hydrogen-bond donors (Lipinski definition) is 2. The molecule has 0 amide bonds. The summed E-state index contributed by atoms with van der Waals surface area (Å²) in [6.07, 6.45) is 1.35. The predicted molar refractivity (Wildman–Crippen MR) is 46.1 cm³/mol. The van der Waals surface area contributed by atoms with Crippen LogP contribution in [0.25, 0.3) is 0 Å². The van der Waals surface area contributed by atoms with Crippen molar-refractivity contribution in [3.63, 3.8) is 0 Å². The zero-order chi connectivity index (χ0) is 10.1. The van der Waals surface area contributed by atoms with Gasteiger partial charge >= 0.3 is 29.6 Å². The van der Waals surface area contributed by atoms with Crippen molar-refractivity contribution >= 4 is 10.1 Å². The fraction of sp³-hybridized carbons (Fsp3) is 1.00. The normalized spacial score (nSPS) is 51.9. The Kier molecular flexibility index (Phi) is 2.80. The van der Waals surface area contributed by atoms with Crippen molar-refractivity contribution in [3.8, 4) is 0 Å². The Morgan fingerprint density at radius 3 is 2.67 bits per heavy atom. The summed E-state index contributed by atoms with van der Waals surface area (Å²) >= 11 is 0. The number of aliphatic hydroxyl groups is 1. The van der Waals surface area contributed by atoms with Gasteiger partial charge in [0.1, 0.15) is 10.1 Å². The van der Waals surface area contributed by atoms with Crippen molar-refractivity contribution in [2.75, 3.05) is 6.54 Å².